The van der Waals surface area contributed by atoms with E-state index in [2.05, 4.69) is 64.2 Å². The molecule has 3 heteroatoms. The second-order valence-electron chi connectivity index (χ2n) is 5.18. The van der Waals surface area contributed by atoms with Crippen LogP contribution in [-0.4, -0.2) is 14.5 Å². The highest BCUT2D eigenvalue weighted by Gasteiger charge is 2.14. The molecule has 3 aromatic heterocycles. The van der Waals surface area contributed by atoms with Crippen molar-refractivity contribution in [3.05, 3.63) is 54.5 Å². The fourth-order valence-corrected chi connectivity index (χ4v) is 2.92. The summed E-state index contributed by atoms with van der Waals surface area (Å²) in [6.07, 6.45) is 4.04. The maximum absolute atomic E-state index is 4.56. The number of nitrogens with zero attached hydrogens (tertiary/aromatic N) is 2. The second kappa shape index (κ2) is 3.97. The Balaban J connectivity index is 2.22. The van der Waals surface area contributed by atoms with Gasteiger partial charge in [-0.05, 0) is 25.1 Å². The Bertz CT molecular complexity index is 928. The van der Waals surface area contributed by atoms with E-state index in [1.165, 1.54) is 22.0 Å². The number of pyridine rings is 1. The first kappa shape index (κ1) is 11.3. The number of hydrogen-bond donors (Lipinski definition) is 1. The number of nitrogens with one attached hydrogen (secondary N) is 1. The van der Waals surface area contributed by atoms with Crippen LogP contribution in [0.2, 0.25) is 0 Å². The van der Waals surface area contributed by atoms with Crippen molar-refractivity contribution in [2.24, 2.45) is 7.05 Å². The van der Waals surface area contributed by atoms with Gasteiger partial charge in [-0.3, -0.25) is 4.98 Å². The fraction of sp³-hybridized carbons (Fsp3) is 0.118. The molecule has 0 aliphatic heterocycles. The third-order valence-corrected chi connectivity index (χ3v) is 3.94. The third-order valence-electron chi connectivity index (χ3n) is 3.94. The van der Waals surface area contributed by atoms with Gasteiger partial charge in [0.25, 0.3) is 0 Å². The Morgan fingerprint density at radius 2 is 1.95 bits per heavy atom. The van der Waals surface area contributed by atoms with Crippen LogP contribution in [0, 0.1) is 6.92 Å². The largest absolute Gasteiger partial charge is 0.353 e. The van der Waals surface area contributed by atoms with Crippen LogP contribution in [0.25, 0.3) is 33.1 Å². The Morgan fingerprint density at radius 3 is 2.75 bits per heavy atom. The van der Waals surface area contributed by atoms with Crippen molar-refractivity contribution in [3.63, 3.8) is 0 Å². The zero-order valence-corrected chi connectivity index (χ0v) is 11.5. The summed E-state index contributed by atoms with van der Waals surface area (Å²) in [5.41, 5.74) is 5.69. The van der Waals surface area contributed by atoms with Crippen LogP contribution in [-0.2, 0) is 7.05 Å². The van der Waals surface area contributed by atoms with Crippen LogP contribution >= 0.6 is 0 Å². The van der Waals surface area contributed by atoms with Crippen molar-refractivity contribution < 1.29 is 0 Å². The molecule has 0 saturated carbocycles. The molecule has 0 aliphatic carbocycles. The summed E-state index contributed by atoms with van der Waals surface area (Å²) in [6, 6.07) is 12.6. The van der Waals surface area contributed by atoms with E-state index in [1.54, 1.807) is 0 Å². The molecular formula is C17H15N3. The van der Waals surface area contributed by atoms with Gasteiger partial charge in [0.1, 0.15) is 0 Å². The summed E-state index contributed by atoms with van der Waals surface area (Å²) in [5, 5.41) is 2.51. The van der Waals surface area contributed by atoms with Gasteiger partial charge in [0, 0.05) is 47.0 Å². The quantitative estimate of drug-likeness (QED) is 0.551. The number of rotatable bonds is 1. The lowest BCUT2D eigenvalue weighted by Gasteiger charge is -2.07. The maximum Gasteiger partial charge on any atom is 0.0688 e. The van der Waals surface area contributed by atoms with Crippen LogP contribution in [0.3, 0.4) is 0 Å². The van der Waals surface area contributed by atoms with E-state index in [0.29, 0.717) is 0 Å². The van der Waals surface area contributed by atoms with Crippen LogP contribution in [0.5, 0.6) is 0 Å². The minimum Gasteiger partial charge on any atom is -0.353 e. The van der Waals surface area contributed by atoms with Crippen molar-refractivity contribution >= 4 is 21.8 Å². The highest BCUT2D eigenvalue weighted by Crippen LogP contribution is 2.34. The number of para-hydroxylation sites is 1. The molecule has 0 bridgehead atoms. The summed E-state index contributed by atoms with van der Waals surface area (Å²) >= 11 is 0. The number of aryl methyl sites for hydroxylation is 2. The molecule has 0 amide bonds. The molecule has 0 atom stereocenters. The van der Waals surface area contributed by atoms with Gasteiger partial charge in [-0.2, -0.15) is 0 Å². The molecule has 0 spiro atoms. The van der Waals surface area contributed by atoms with Gasteiger partial charge in [-0.25, -0.2) is 0 Å². The molecule has 20 heavy (non-hydrogen) atoms. The molecule has 0 fully saturated rings. The van der Waals surface area contributed by atoms with Crippen molar-refractivity contribution in [3.8, 4) is 11.3 Å². The van der Waals surface area contributed by atoms with E-state index in [0.717, 1.165) is 16.7 Å². The standard InChI is InChI=1S/C17H15N3/c1-11-17-16(12-6-3-4-7-14(12)19-17)13(10-18-11)15-8-5-9-20(15)2/h3-10,19H,1-2H3. The topological polar surface area (TPSA) is 33.6 Å². The third kappa shape index (κ3) is 1.43. The molecule has 0 radical (unpaired) electrons. The number of benzene rings is 1. The smallest absolute Gasteiger partial charge is 0.0688 e. The molecule has 98 valence electrons. The summed E-state index contributed by atoms with van der Waals surface area (Å²) < 4.78 is 2.13. The lowest BCUT2D eigenvalue weighted by Crippen LogP contribution is -1.92. The van der Waals surface area contributed by atoms with E-state index >= 15 is 0 Å². The van der Waals surface area contributed by atoms with E-state index in [4.69, 9.17) is 0 Å². The summed E-state index contributed by atoms with van der Waals surface area (Å²) in [5.74, 6) is 0. The number of aromatic nitrogens is 3. The zero-order chi connectivity index (χ0) is 13.7. The molecule has 0 unspecified atom stereocenters. The number of H-pyrrole nitrogens is 1. The highest BCUT2D eigenvalue weighted by molar-refractivity contribution is 6.14. The summed E-state index contributed by atoms with van der Waals surface area (Å²) in [4.78, 5) is 8.05. The van der Waals surface area contributed by atoms with E-state index in [9.17, 15) is 0 Å². The zero-order valence-electron chi connectivity index (χ0n) is 11.5. The van der Waals surface area contributed by atoms with Gasteiger partial charge in [-0.15, -0.1) is 0 Å². The van der Waals surface area contributed by atoms with Crippen molar-refractivity contribution in [1.82, 2.24) is 14.5 Å². The second-order valence-corrected chi connectivity index (χ2v) is 5.18. The normalized spacial score (nSPS) is 11.5. The van der Waals surface area contributed by atoms with E-state index in [1.807, 2.05) is 13.1 Å². The Kier molecular flexibility index (Phi) is 2.24. The molecule has 4 rings (SSSR count). The summed E-state index contributed by atoms with van der Waals surface area (Å²) in [6.45, 7) is 2.05. The number of aromatic amines is 1. The highest BCUT2D eigenvalue weighted by atomic mass is 14.9. The molecule has 1 aromatic carbocycles. The first-order chi connectivity index (χ1) is 9.75. The van der Waals surface area contributed by atoms with Crippen molar-refractivity contribution in [2.75, 3.05) is 0 Å². The Hall–Kier alpha value is -2.55. The van der Waals surface area contributed by atoms with E-state index < -0.39 is 0 Å². The molecule has 3 heterocycles. The first-order valence-corrected chi connectivity index (χ1v) is 6.73. The monoisotopic (exact) mass is 261 g/mol. The minimum absolute atomic E-state index is 1.04. The van der Waals surface area contributed by atoms with Gasteiger partial charge in [0.15, 0.2) is 0 Å². The number of hydrogen-bond acceptors (Lipinski definition) is 1. The van der Waals surface area contributed by atoms with Crippen LogP contribution in [0.4, 0.5) is 0 Å². The lowest BCUT2D eigenvalue weighted by molar-refractivity contribution is 0.937. The average molecular weight is 261 g/mol. The fourth-order valence-electron chi connectivity index (χ4n) is 2.92. The van der Waals surface area contributed by atoms with Crippen molar-refractivity contribution in [2.45, 2.75) is 6.92 Å². The average Bonchev–Trinajstić information content (AvgIpc) is 3.04. The van der Waals surface area contributed by atoms with Gasteiger partial charge in [0.2, 0.25) is 0 Å². The predicted octanol–water partition coefficient (Wildman–Crippen LogP) is 4.03. The molecule has 3 nitrogen and oxygen atoms in total. The first-order valence-electron chi connectivity index (χ1n) is 6.73. The maximum atomic E-state index is 4.56. The van der Waals surface area contributed by atoms with Gasteiger partial charge < -0.3 is 9.55 Å². The minimum atomic E-state index is 1.04. The summed E-state index contributed by atoms with van der Waals surface area (Å²) in [7, 11) is 2.07. The Morgan fingerprint density at radius 1 is 1.10 bits per heavy atom. The molecule has 1 N–H and O–H groups in total. The molecule has 0 saturated heterocycles. The van der Waals surface area contributed by atoms with E-state index in [-0.39, 0.29) is 0 Å². The van der Waals surface area contributed by atoms with Crippen molar-refractivity contribution in [1.29, 1.82) is 0 Å². The van der Waals surface area contributed by atoms with Gasteiger partial charge >= 0.3 is 0 Å². The lowest BCUT2D eigenvalue weighted by atomic mass is 10.1. The molecule has 0 aliphatic rings. The van der Waals surface area contributed by atoms with Gasteiger partial charge in [-0.1, -0.05) is 18.2 Å². The molecular weight excluding hydrogens is 246 g/mol. The van der Waals surface area contributed by atoms with Crippen LogP contribution in [0.1, 0.15) is 5.69 Å². The predicted molar refractivity (Wildman–Crippen MR) is 82.7 cm³/mol. The van der Waals surface area contributed by atoms with Gasteiger partial charge in [0.05, 0.1) is 11.2 Å². The Labute approximate surface area is 116 Å². The number of fused-ring (bicyclic) bond motifs is 3. The van der Waals surface area contributed by atoms with Crippen LogP contribution in [0.15, 0.2) is 48.8 Å². The van der Waals surface area contributed by atoms with Crippen LogP contribution < -0.4 is 0 Å². The molecule has 4 aromatic rings. The SMILES string of the molecule is Cc1ncc(-c2cccn2C)c2c1[nH]c1ccccc12.